The molecule has 1 aromatic rings. The highest BCUT2D eigenvalue weighted by molar-refractivity contribution is 7.14. The molecule has 0 bridgehead atoms. The number of carboxylic acid groups (broad SMARTS) is 1. The molecule has 13 nitrogen and oxygen atoms in total. The molecule has 1 atom stereocenters. The minimum absolute atomic E-state index is 0.0194. The van der Waals surface area contributed by atoms with Crippen LogP contribution in [0, 0.1) is 0 Å². The molecule has 31 heavy (non-hydrogen) atoms. The number of carbonyl (C=O) groups excluding carboxylic acids is 3. The Morgan fingerprint density at radius 1 is 1.32 bits per heavy atom. The number of amides is 3. The van der Waals surface area contributed by atoms with E-state index in [9.17, 15) is 24.3 Å². The summed E-state index contributed by atoms with van der Waals surface area (Å²) in [5, 5.41) is 19.2. The number of nitrogens with zero attached hydrogens (tertiary/aromatic N) is 2. The van der Waals surface area contributed by atoms with Gasteiger partial charge in [-0.15, -0.1) is 11.3 Å². The summed E-state index contributed by atoms with van der Waals surface area (Å²) < 4.78 is 5.14. The van der Waals surface area contributed by atoms with E-state index in [1.54, 1.807) is 20.8 Å². The molecule has 0 saturated carbocycles. The van der Waals surface area contributed by atoms with Gasteiger partial charge in [-0.2, -0.15) is 0 Å². The fraction of sp³-hybridized carbons (Fsp3) is 0.529. The van der Waals surface area contributed by atoms with E-state index in [1.807, 2.05) is 0 Å². The van der Waals surface area contributed by atoms with Gasteiger partial charge < -0.3 is 20.0 Å². The van der Waals surface area contributed by atoms with E-state index in [0.29, 0.717) is 0 Å². The van der Waals surface area contributed by atoms with Crippen LogP contribution >= 0.6 is 11.3 Å². The molecule has 0 aromatic carbocycles. The predicted octanol–water partition coefficient (Wildman–Crippen LogP) is 0.620. The molecule has 1 aliphatic heterocycles. The molecule has 3 amide bonds. The number of aromatic nitrogens is 1. The summed E-state index contributed by atoms with van der Waals surface area (Å²) in [6, 6.07) is -0.983. The molecule has 4 N–H and O–H groups in total. The number of carboxylic acids is 1. The second-order valence-corrected chi connectivity index (χ2v) is 8.67. The Morgan fingerprint density at radius 3 is 2.55 bits per heavy atom. The number of anilines is 1. The molecule has 1 saturated heterocycles. The Kier molecular flexibility index (Phi) is 7.17. The predicted molar refractivity (Wildman–Crippen MR) is 107 cm³/mol. The third-order valence-electron chi connectivity index (χ3n) is 3.49. The third-order valence-corrected chi connectivity index (χ3v) is 4.25. The average Bonchev–Trinajstić information content (AvgIpc) is 3.22. The SMILES string of the molecule is CC(C)(C)OC(=O)Nc1nc(/C(=N/OC(C)(C)C(=O)O)C(=O)N[C@H]2CONC2=O)cs1. The van der Waals surface area contributed by atoms with E-state index in [-0.39, 0.29) is 17.4 Å². The quantitative estimate of drug-likeness (QED) is 0.337. The van der Waals surface area contributed by atoms with Gasteiger partial charge in [0.1, 0.15) is 23.9 Å². The summed E-state index contributed by atoms with van der Waals surface area (Å²) >= 11 is 0.973. The number of carbonyl (C=O) groups is 4. The molecule has 1 aliphatic rings. The maximum Gasteiger partial charge on any atom is 0.413 e. The Bertz CT molecular complexity index is 905. The number of aliphatic carboxylic acids is 1. The molecule has 0 unspecified atom stereocenters. The van der Waals surface area contributed by atoms with Crippen LogP contribution in [-0.4, -0.2) is 63.5 Å². The number of rotatable bonds is 7. The minimum atomic E-state index is -1.74. The van der Waals surface area contributed by atoms with Crippen LogP contribution in [0.4, 0.5) is 9.93 Å². The first-order valence-corrected chi connectivity index (χ1v) is 9.84. The second-order valence-electron chi connectivity index (χ2n) is 7.81. The Labute approximate surface area is 181 Å². The van der Waals surface area contributed by atoms with Crippen molar-refractivity contribution < 1.29 is 38.7 Å². The summed E-state index contributed by atoms with van der Waals surface area (Å²) in [5.41, 5.74) is -0.797. The number of hydrogen-bond donors (Lipinski definition) is 4. The highest BCUT2D eigenvalue weighted by Crippen LogP contribution is 2.19. The van der Waals surface area contributed by atoms with Gasteiger partial charge in [-0.25, -0.2) is 20.1 Å². The van der Waals surface area contributed by atoms with Crippen LogP contribution in [0.2, 0.25) is 0 Å². The number of hydroxylamine groups is 1. The molecular formula is C17H23N5O8S. The first kappa shape index (κ1) is 24.0. The number of nitrogens with one attached hydrogen (secondary N) is 3. The van der Waals surface area contributed by atoms with E-state index in [1.165, 1.54) is 19.2 Å². The van der Waals surface area contributed by atoms with Gasteiger partial charge in [-0.1, -0.05) is 5.16 Å². The van der Waals surface area contributed by atoms with Gasteiger partial charge in [0, 0.05) is 5.38 Å². The fourth-order valence-corrected chi connectivity index (χ4v) is 2.59. The number of hydrogen-bond acceptors (Lipinski definition) is 10. The molecular weight excluding hydrogens is 434 g/mol. The van der Waals surface area contributed by atoms with E-state index in [4.69, 9.17) is 14.4 Å². The van der Waals surface area contributed by atoms with Crippen LogP contribution in [0.25, 0.3) is 0 Å². The molecule has 1 fully saturated rings. The lowest BCUT2D eigenvalue weighted by atomic mass is 10.1. The highest BCUT2D eigenvalue weighted by Gasteiger charge is 2.33. The normalized spacial score (nSPS) is 17.0. The topological polar surface area (TPSA) is 178 Å². The van der Waals surface area contributed by atoms with Crippen molar-refractivity contribution in [1.82, 2.24) is 15.8 Å². The lowest BCUT2D eigenvalue weighted by Crippen LogP contribution is -2.45. The largest absolute Gasteiger partial charge is 0.478 e. The number of ether oxygens (including phenoxy) is 1. The van der Waals surface area contributed by atoms with Crippen molar-refractivity contribution in [1.29, 1.82) is 0 Å². The zero-order chi connectivity index (χ0) is 23.4. The molecule has 0 aliphatic carbocycles. The van der Waals surface area contributed by atoms with Gasteiger partial charge in [0.15, 0.2) is 10.8 Å². The summed E-state index contributed by atoms with van der Waals surface area (Å²) in [5.74, 6) is -2.74. The molecule has 1 aromatic heterocycles. The van der Waals surface area contributed by atoms with Crippen molar-refractivity contribution >= 4 is 46.1 Å². The van der Waals surface area contributed by atoms with Gasteiger partial charge in [-0.3, -0.25) is 19.7 Å². The fourth-order valence-electron chi connectivity index (χ4n) is 1.91. The third kappa shape index (κ3) is 6.89. The minimum Gasteiger partial charge on any atom is -0.478 e. The Balaban J connectivity index is 2.24. The maximum atomic E-state index is 12.7. The summed E-state index contributed by atoms with van der Waals surface area (Å²) in [4.78, 5) is 61.4. The Morgan fingerprint density at radius 2 is 2.00 bits per heavy atom. The zero-order valence-corrected chi connectivity index (χ0v) is 18.3. The highest BCUT2D eigenvalue weighted by atomic mass is 32.1. The zero-order valence-electron chi connectivity index (χ0n) is 17.5. The smallest absolute Gasteiger partial charge is 0.413 e. The van der Waals surface area contributed by atoms with Crippen LogP contribution in [0.5, 0.6) is 0 Å². The molecule has 0 radical (unpaired) electrons. The van der Waals surface area contributed by atoms with Crippen LogP contribution in [-0.2, 0) is 28.8 Å². The lowest BCUT2D eigenvalue weighted by molar-refractivity contribution is -0.161. The maximum absolute atomic E-state index is 12.7. The lowest BCUT2D eigenvalue weighted by Gasteiger charge is -2.19. The summed E-state index contributed by atoms with van der Waals surface area (Å²) in [6.45, 7) is 7.45. The van der Waals surface area contributed by atoms with Gasteiger partial charge in [0.05, 0.1) is 0 Å². The van der Waals surface area contributed by atoms with Crippen molar-refractivity contribution in [3.05, 3.63) is 11.1 Å². The van der Waals surface area contributed by atoms with Crippen LogP contribution in [0.3, 0.4) is 0 Å². The monoisotopic (exact) mass is 457 g/mol. The summed E-state index contributed by atoms with van der Waals surface area (Å²) in [6.07, 6.45) is -0.751. The number of oxime groups is 1. The van der Waals surface area contributed by atoms with Gasteiger partial charge in [-0.05, 0) is 34.6 Å². The van der Waals surface area contributed by atoms with Gasteiger partial charge in [0.2, 0.25) is 5.60 Å². The molecule has 0 spiro atoms. The van der Waals surface area contributed by atoms with Gasteiger partial charge >= 0.3 is 12.1 Å². The van der Waals surface area contributed by atoms with Crippen molar-refractivity contribution in [2.45, 2.75) is 51.9 Å². The molecule has 2 heterocycles. The number of thiazole rings is 1. The van der Waals surface area contributed by atoms with Gasteiger partial charge in [0.25, 0.3) is 11.8 Å². The Hall–Kier alpha value is -3.26. The molecule has 14 heteroatoms. The second kappa shape index (κ2) is 9.26. The average molecular weight is 457 g/mol. The first-order chi connectivity index (χ1) is 14.3. The van der Waals surface area contributed by atoms with Crippen molar-refractivity contribution in [2.24, 2.45) is 5.16 Å². The van der Waals surface area contributed by atoms with Crippen molar-refractivity contribution in [3.8, 4) is 0 Å². The van der Waals surface area contributed by atoms with Crippen LogP contribution < -0.4 is 16.1 Å². The van der Waals surface area contributed by atoms with E-state index in [0.717, 1.165) is 11.3 Å². The molecule has 2 rings (SSSR count). The van der Waals surface area contributed by atoms with Crippen molar-refractivity contribution in [3.63, 3.8) is 0 Å². The van der Waals surface area contributed by atoms with E-state index in [2.05, 4.69) is 26.3 Å². The first-order valence-electron chi connectivity index (χ1n) is 8.96. The van der Waals surface area contributed by atoms with E-state index < -0.39 is 46.8 Å². The molecule has 170 valence electrons. The summed E-state index contributed by atoms with van der Waals surface area (Å²) in [7, 11) is 0. The van der Waals surface area contributed by atoms with Crippen LogP contribution in [0.1, 0.15) is 40.3 Å². The van der Waals surface area contributed by atoms with Crippen molar-refractivity contribution in [2.75, 3.05) is 11.9 Å². The van der Waals surface area contributed by atoms with E-state index >= 15 is 0 Å². The standard InChI is InChI=1S/C17H23N5O8S/c1-16(2,3)29-15(27)20-14-19-9(7-31-14)10(21-30-17(4,5)13(25)26)12(24)18-8-6-28-22-11(8)23/h7-8H,6H2,1-5H3,(H,18,24)(H,22,23)(H,25,26)(H,19,20,27)/b21-10-/t8-/m0/s1. The van der Waals surface area contributed by atoms with Crippen LogP contribution in [0.15, 0.2) is 10.5 Å².